The molecular formula is C12H24O2. The first kappa shape index (κ1) is 13.5. The second kappa shape index (κ2) is 9.04. The zero-order valence-electron chi connectivity index (χ0n) is 9.59. The molecule has 1 aliphatic rings. The molecule has 84 valence electrons. The maximum Gasteiger partial charge on any atom is 0.300 e. The van der Waals surface area contributed by atoms with E-state index in [2.05, 4.69) is 6.92 Å². The molecule has 1 aliphatic carbocycles. The van der Waals surface area contributed by atoms with Crippen LogP contribution in [0.2, 0.25) is 0 Å². The van der Waals surface area contributed by atoms with Crippen LogP contribution in [0.25, 0.3) is 0 Å². The van der Waals surface area contributed by atoms with E-state index in [4.69, 9.17) is 9.90 Å². The Morgan fingerprint density at radius 1 is 1.29 bits per heavy atom. The fourth-order valence-corrected chi connectivity index (χ4v) is 1.98. The van der Waals surface area contributed by atoms with E-state index in [0.717, 1.165) is 12.8 Å². The average molecular weight is 200 g/mol. The fourth-order valence-electron chi connectivity index (χ4n) is 1.98. The van der Waals surface area contributed by atoms with Crippen LogP contribution in [0.3, 0.4) is 0 Å². The van der Waals surface area contributed by atoms with Gasteiger partial charge in [0.25, 0.3) is 5.97 Å². The van der Waals surface area contributed by atoms with Gasteiger partial charge in [-0.2, -0.15) is 0 Å². The number of unbranched alkanes of at least 4 members (excludes halogenated alkanes) is 2. The van der Waals surface area contributed by atoms with Gasteiger partial charge in [-0.3, -0.25) is 4.79 Å². The van der Waals surface area contributed by atoms with E-state index in [1.165, 1.54) is 51.4 Å². The largest absolute Gasteiger partial charge is 0.481 e. The van der Waals surface area contributed by atoms with Crippen LogP contribution in [0.5, 0.6) is 0 Å². The van der Waals surface area contributed by atoms with E-state index >= 15 is 0 Å². The molecule has 0 spiro atoms. The summed E-state index contributed by atoms with van der Waals surface area (Å²) in [7, 11) is 0. The van der Waals surface area contributed by atoms with E-state index < -0.39 is 5.97 Å². The molecule has 0 heterocycles. The van der Waals surface area contributed by atoms with Gasteiger partial charge in [0.1, 0.15) is 0 Å². The van der Waals surface area contributed by atoms with Crippen molar-refractivity contribution in [1.29, 1.82) is 0 Å². The first-order chi connectivity index (χ1) is 6.66. The highest BCUT2D eigenvalue weighted by Crippen LogP contribution is 2.28. The fraction of sp³-hybridized carbons (Fsp3) is 0.917. The number of carbonyl (C=O) groups is 1. The average Bonchev–Trinajstić information content (AvgIpc) is 2.56. The van der Waals surface area contributed by atoms with Crippen molar-refractivity contribution < 1.29 is 9.90 Å². The second-order valence-corrected chi connectivity index (χ2v) is 4.17. The molecule has 0 aliphatic heterocycles. The van der Waals surface area contributed by atoms with Crippen LogP contribution in [-0.4, -0.2) is 11.1 Å². The molecule has 0 bridgehead atoms. The minimum absolute atomic E-state index is 0.833. The number of rotatable bonds is 4. The van der Waals surface area contributed by atoms with Gasteiger partial charge >= 0.3 is 0 Å². The van der Waals surface area contributed by atoms with Gasteiger partial charge in [0.05, 0.1) is 0 Å². The lowest BCUT2D eigenvalue weighted by atomic mass is 10.0. The van der Waals surface area contributed by atoms with Crippen molar-refractivity contribution in [3.63, 3.8) is 0 Å². The highest BCUT2D eigenvalue weighted by Gasteiger charge is 2.13. The lowest BCUT2D eigenvalue weighted by Gasteiger charge is -2.06. The van der Waals surface area contributed by atoms with Crippen LogP contribution in [0, 0.1) is 5.92 Å². The summed E-state index contributed by atoms with van der Waals surface area (Å²) in [6.45, 7) is 3.37. The van der Waals surface area contributed by atoms with Crippen LogP contribution in [0.4, 0.5) is 0 Å². The maximum absolute atomic E-state index is 9.00. The van der Waals surface area contributed by atoms with Crippen LogP contribution in [-0.2, 0) is 4.79 Å². The molecule has 0 unspecified atom stereocenters. The molecule has 2 heteroatoms. The molecule has 0 aromatic carbocycles. The summed E-state index contributed by atoms with van der Waals surface area (Å²) < 4.78 is 0. The number of hydrogen-bond acceptors (Lipinski definition) is 1. The van der Waals surface area contributed by atoms with Crippen LogP contribution in [0.1, 0.15) is 65.2 Å². The number of carboxylic acids is 1. The van der Waals surface area contributed by atoms with Gasteiger partial charge < -0.3 is 5.11 Å². The highest BCUT2D eigenvalue weighted by atomic mass is 16.4. The lowest BCUT2D eigenvalue weighted by molar-refractivity contribution is -0.134. The third kappa shape index (κ3) is 9.56. The molecule has 1 saturated carbocycles. The predicted molar refractivity (Wildman–Crippen MR) is 59.4 cm³/mol. The maximum atomic E-state index is 9.00. The molecule has 1 rings (SSSR count). The molecule has 0 aromatic heterocycles. The Morgan fingerprint density at radius 2 is 1.79 bits per heavy atom. The monoisotopic (exact) mass is 200 g/mol. The SMILES string of the molecule is CC(=O)O.CCCCCC1CCCC1. The van der Waals surface area contributed by atoms with Gasteiger partial charge in [0.15, 0.2) is 0 Å². The quantitative estimate of drug-likeness (QED) is 0.700. The summed E-state index contributed by atoms with van der Waals surface area (Å²) in [5, 5.41) is 7.42. The Hall–Kier alpha value is -0.530. The van der Waals surface area contributed by atoms with Gasteiger partial charge in [-0.1, -0.05) is 58.3 Å². The van der Waals surface area contributed by atoms with Crippen molar-refractivity contribution in [3.8, 4) is 0 Å². The van der Waals surface area contributed by atoms with Crippen molar-refractivity contribution in [2.45, 2.75) is 65.2 Å². The minimum atomic E-state index is -0.833. The predicted octanol–water partition coefficient (Wildman–Crippen LogP) is 3.85. The molecule has 0 atom stereocenters. The van der Waals surface area contributed by atoms with E-state index in [0.29, 0.717) is 0 Å². The Morgan fingerprint density at radius 3 is 2.21 bits per heavy atom. The number of carboxylic acid groups (broad SMARTS) is 1. The van der Waals surface area contributed by atoms with Crippen molar-refractivity contribution in [2.75, 3.05) is 0 Å². The molecule has 1 N–H and O–H groups in total. The Bertz CT molecular complexity index is 133. The summed E-state index contributed by atoms with van der Waals surface area (Å²) in [6, 6.07) is 0. The number of hydrogen-bond donors (Lipinski definition) is 1. The van der Waals surface area contributed by atoms with Crippen LogP contribution < -0.4 is 0 Å². The second-order valence-electron chi connectivity index (χ2n) is 4.17. The third-order valence-corrected chi connectivity index (χ3v) is 2.69. The molecular weight excluding hydrogens is 176 g/mol. The molecule has 0 aromatic rings. The smallest absolute Gasteiger partial charge is 0.300 e. The van der Waals surface area contributed by atoms with E-state index in [-0.39, 0.29) is 0 Å². The van der Waals surface area contributed by atoms with Crippen molar-refractivity contribution >= 4 is 5.97 Å². The van der Waals surface area contributed by atoms with Crippen molar-refractivity contribution in [3.05, 3.63) is 0 Å². The Balaban J connectivity index is 0.000000364. The zero-order chi connectivity index (χ0) is 10.8. The normalized spacial score (nSPS) is 16.1. The van der Waals surface area contributed by atoms with Crippen molar-refractivity contribution in [1.82, 2.24) is 0 Å². The standard InChI is InChI=1S/C10H20.C2H4O2/c1-2-3-4-7-10-8-5-6-9-10;1-2(3)4/h10H,2-9H2,1H3;1H3,(H,3,4). The summed E-state index contributed by atoms with van der Waals surface area (Å²) >= 11 is 0. The van der Waals surface area contributed by atoms with Gasteiger partial charge in [0, 0.05) is 6.92 Å². The molecule has 14 heavy (non-hydrogen) atoms. The first-order valence-electron chi connectivity index (χ1n) is 5.86. The summed E-state index contributed by atoms with van der Waals surface area (Å²) in [4.78, 5) is 9.00. The molecule has 1 fully saturated rings. The molecule has 0 amide bonds. The van der Waals surface area contributed by atoms with E-state index in [9.17, 15) is 0 Å². The van der Waals surface area contributed by atoms with Crippen LogP contribution >= 0.6 is 0 Å². The molecule has 0 saturated heterocycles. The zero-order valence-corrected chi connectivity index (χ0v) is 9.59. The van der Waals surface area contributed by atoms with Gasteiger partial charge in [-0.25, -0.2) is 0 Å². The number of aliphatic carboxylic acids is 1. The summed E-state index contributed by atoms with van der Waals surface area (Å²) in [5.41, 5.74) is 0. The van der Waals surface area contributed by atoms with Gasteiger partial charge in [0.2, 0.25) is 0 Å². The molecule has 2 nitrogen and oxygen atoms in total. The van der Waals surface area contributed by atoms with Gasteiger partial charge in [-0.15, -0.1) is 0 Å². The minimum Gasteiger partial charge on any atom is -0.481 e. The summed E-state index contributed by atoms with van der Waals surface area (Å²) in [6.07, 6.45) is 11.9. The van der Waals surface area contributed by atoms with Crippen molar-refractivity contribution in [2.24, 2.45) is 5.92 Å². The van der Waals surface area contributed by atoms with Gasteiger partial charge in [-0.05, 0) is 5.92 Å². The van der Waals surface area contributed by atoms with E-state index in [1.54, 1.807) is 0 Å². The Kier molecular flexibility index (Phi) is 8.70. The highest BCUT2D eigenvalue weighted by molar-refractivity contribution is 5.62. The lowest BCUT2D eigenvalue weighted by Crippen LogP contribution is -1.91. The first-order valence-corrected chi connectivity index (χ1v) is 5.86. The third-order valence-electron chi connectivity index (χ3n) is 2.69. The summed E-state index contributed by atoms with van der Waals surface area (Å²) in [5.74, 6) is 0.284. The Labute approximate surface area is 87.7 Å². The molecule has 0 radical (unpaired) electrons. The van der Waals surface area contributed by atoms with E-state index in [1.807, 2.05) is 0 Å². The van der Waals surface area contributed by atoms with Crippen LogP contribution in [0.15, 0.2) is 0 Å². The topological polar surface area (TPSA) is 37.3 Å².